The molecule has 0 unspecified atom stereocenters. The highest BCUT2D eigenvalue weighted by atomic mass is 35.5. The number of aromatic amines is 1. The highest BCUT2D eigenvalue weighted by molar-refractivity contribution is 7.13. The second-order valence-corrected chi connectivity index (χ2v) is 5.79. The van der Waals surface area contributed by atoms with Gasteiger partial charge >= 0.3 is 0 Å². The predicted octanol–water partition coefficient (Wildman–Crippen LogP) is 3.41. The molecule has 3 N–H and O–H groups in total. The van der Waals surface area contributed by atoms with Gasteiger partial charge in [-0.15, -0.1) is 11.3 Å². The van der Waals surface area contributed by atoms with Crippen LogP contribution >= 0.6 is 34.5 Å². The van der Waals surface area contributed by atoms with E-state index in [4.69, 9.17) is 28.9 Å². The number of nitrogens with zero attached hydrogens (tertiary/aromatic N) is 3. The van der Waals surface area contributed by atoms with Crippen LogP contribution in [0, 0.1) is 0 Å². The molecule has 0 bridgehead atoms. The zero-order valence-electron chi connectivity index (χ0n) is 10.1. The van der Waals surface area contributed by atoms with Crippen molar-refractivity contribution < 1.29 is 0 Å². The van der Waals surface area contributed by atoms with Gasteiger partial charge in [-0.05, 0) is 18.2 Å². The number of hydrogen-bond donors (Lipinski definition) is 2. The van der Waals surface area contributed by atoms with Gasteiger partial charge < -0.3 is 5.73 Å². The summed E-state index contributed by atoms with van der Waals surface area (Å²) in [7, 11) is 0. The molecule has 8 heteroatoms. The minimum Gasteiger partial charge on any atom is -0.375 e. The third-order valence-electron chi connectivity index (χ3n) is 2.63. The summed E-state index contributed by atoms with van der Waals surface area (Å²) < 4.78 is 0. The maximum Gasteiger partial charge on any atom is 0.181 e. The van der Waals surface area contributed by atoms with Gasteiger partial charge in [0.2, 0.25) is 0 Å². The van der Waals surface area contributed by atoms with Crippen molar-refractivity contribution in [2.45, 2.75) is 6.42 Å². The Bertz CT molecular complexity index is 752. The molecule has 0 radical (unpaired) electrons. The molecule has 5 nitrogen and oxygen atoms in total. The summed E-state index contributed by atoms with van der Waals surface area (Å²) in [5.41, 5.74) is 7.26. The smallest absolute Gasteiger partial charge is 0.181 e. The van der Waals surface area contributed by atoms with Crippen LogP contribution < -0.4 is 5.73 Å². The Labute approximate surface area is 128 Å². The van der Waals surface area contributed by atoms with Gasteiger partial charge in [0.25, 0.3) is 0 Å². The maximum atomic E-state index is 5.98. The van der Waals surface area contributed by atoms with Gasteiger partial charge in [-0.3, -0.25) is 5.10 Å². The molecule has 20 heavy (non-hydrogen) atoms. The number of H-pyrrole nitrogens is 1. The van der Waals surface area contributed by atoms with Gasteiger partial charge in [0.15, 0.2) is 11.0 Å². The molecular weight excluding hydrogens is 317 g/mol. The van der Waals surface area contributed by atoms with E-state index in [1.54, 1.807) is 12.1 Å². The largest absolute Gasteiger partial charge is 0.375 e. The zero-order chi connectivity index (χ0) is 14.1. The Hall–Kier alpha value is -1.63. The summed E-state index contributed by atoms with van der Waals surface area (Å²) in [6.07, 6.45) is 0.558. The van der Waals surface area contributed by atoms with Crippen LogP contribution in [0.1, 0.15) is 11.5 Å². The number of rotatable bonds is 3. The summed E-state index contributed by atoms with van der Waals surface area (Å²) in [6, 6.07) is 5.27. The van der Waals surface area contributed by atoms with Crippen LogP contribution in [0.2, 0.25) is 10.0 Å². The second-order valence-electron chi connectivity index (χ2n) is 4.09. The lowest BCUT2D eigenvalue weighted by molar-refractivity contribution is 0.952. The van der Waals surface area contributed by atoms with E-state index in [-0.39, 0.29) is 0 Å². The van der Waals surface area contributed by atoms with Crippen molar-refractivity contribution in [3.8, 4) is 11.4 Å². The summed E-state index contributed by atoms with van der Waals surface area (Å²) in [5, 5.41) is 10.5. The summed E-state index contributed by atoms with van der Waals surface area (Å²) in [6.45, 7) is 0. The molecule has 102 valence electrons. The molecule has 0 fully saturated rings. The van der Waals surface area contributed by atoms with Gasteiger partial charge in [-0.1, -0.05) is 23.2 Å². The normalized spacial score (nSPS) is 10.9. The van der Waals surface area contributed by atoms with Gasteiger partial charge in [0.05, 0.1) is 22.2 Å². The van der Waals surface area contributed by atoms with E-state index in [2.05, 4.69) is 20.2 Å². The lowest BCUT2D eigenvalue weighted by Crippen LogP contribution is -1.92. The van der Waals surface area contributed by atoms with Crippen molar-refractivity contribution in [1.29, 1.82) is 0 Å². The van der Waals surface area contributed by atoms with Gasteiger partial charge in [-0.25, -0.2) is 9.97 Å². The topological polar surface area (TPSA) is 80.5 Å². The van der Waals surface area contributed by atoms with E-state index in [1.807, 2.05) is 11.4 Å². The maximum absolute atomic E-state index is 5.98. The number of nitrogens with one attached hydrogen (secondary N) is 1. The zero-order valence-corrected chi connectivity index (χ0v) is 12.4. The molecule has 1 aromatic carbocycles. The fourth-order valence-electron chi connectivity index (χ4n) is 1.71. The van der Waals surface area contributed by atoms with Crippen molar-refractivity contribution >= 4 is 39.7 Å². The van der Waals surface area contributed by atoms with E-state index >= 15 is 0 Å². The molecule has 2 aromatic heterocycles. The third kappa shape index (κ3) is 2.77. The number of aromatic nitrogens is 4. The first-order valence-electron chi connectivity index (χ1n) is 5.68. The SMILES string of the molecule is Nc1nc(Cc2nc(-c3ccc(Cl)c(Cl)c3)n[nH]2)cs1. The Morgan fingerprint density at radius 1 is 1.20 bits per heavy atom. The van der Waals surface area contributed by atoms with Crippen molar-refractivity contribution in [3.05, 3.63) is 45.1 Å². The molecule has 0 saturated carbocycles. The Morgan fingerprint density at radius 3 is 2.75 bits per heavy atom. The van der Waals surface area contributed by atoms with Crippen molar-refractivity contribution in [3.63, 3.8) is 0 Å². The van der Waals surface area contributed by atoms with Gasteiger partial charge in [-0.2, -0.15) is 5.10 Å². The highest BCUT2D eigenvalue weighted by Gasteiger charge is 2.09. The molecule has 0 saturated heterocycles. The Morgan fingerprint density at radius 2 is 2.05 bits per heavy atom. The predicted molar refractivity (Wildman–Crippen MR) is 81.2 cm³/mol. The van der Waals surface area contributed by atoms with Crippen molar-refractivity contribution in [2.75, 3.05) is 5.73 Å². The quantitative estimate of drug-likeness (QED) is 0.773. The average Bonchev–Trinajstić information content (AvgIpc) is 3.03. The van der Waals surface area contributed by atoms with Crippen LogP contribution in [-0.2, 0) is 6.42 Å². The van der Waals surface area contributed by atoms with Crippen molar-refractivity contribution in [1.82, 2.24) is 20.2 Å². The minimum atomic E-state index is 0.475. The molecule has 3 rings (SSSR count). The Balaban J connectivity index is 1.84. The molecule has 0 amide bonds. The van der Waals surface area contributed by atoms with Crippen LogP contribution in [0.3, 0.4) is 0 Å². The second kappa shape index (κ2) is 5.40. The van der Waals surface area contributed by atoms with E-state index in [1.165, 1.54) is 11.3 Å². The van der Waals surface area contributed by atoms with Gasteiger partial charge in [0.1, 0.15) is 5.82 Å². The fraction of sp³-hybridized carbons (Fsp3) is 0.0833. The lowest BCUT2D eigenvalue weighted by Gasteiger charge is -1.98. The molecule has 3 aromatic rings. The van der Waals surface area contributed by atoms with Crippen LogP contribution in [-0.4, -0.2) is 20.2 Å². The number of hydrogen-bond acceptors (Lipinski definition) is 5. The minimum absolute atomic E-state index is 0.475. The van der Waals surface area contributed by atoms with Crippen LogP contribution in [0.15, 0.2) is 23.6 Å². The van der Waals surface area contributed by atoms with Gasteiger partial charge in [0, 0.05) is 10.9 Å². The first-order valence-corrected chi connectivity index (χ1v) is 7.32. The standard InChI is InChI=1S/C12H9Cl2N5S/c13-8-2-1-6(3-9(8)14)11-17-10(18-19-11)4-7-5-20-12(15)16-7/h1-3,5H,4H2,(H2,15,16)(H,17,18,19). The number of thiazole rings is 1. The number of nitrogen functional groups attached to an aromatic ring is 1. The van der Waals surface area contributed by atoms with E-state index in [9.17, 15) is 0 Å². The van der Waals surface area contributed by atoms with E-state index in [0.717, 1.165) is 17.1 Å². The highest BCUT2D eigenvalue weighted by Crippen LogP contribution is 2.26. The number of halogens is 2. The average molecular weight is 326 g/mol. The van der Waals surface area contributed by atoms with E-state index in [0.29, 0.717) is 27.4 Å². The number of anilines is 1. The van der Waals surface area contributed by atoms with E-state index < -0.39 is 0 Å². The third-order valence-corrected chi connectivity index (χ3v) is 4.09. The first kappa shape index (κ1) is 13.4. The van der Waals surface area contributed by atoms with Crippen LogP contribution in [0.5, 0.6) is 0 Å². The van der Waals surface area contributed by atoms with Crippen LogP contribution in [0.25, 0.3) is 11.4 Å². The molecule has 0 aliphatic rings. The number of nitrogens with two attached hydrogens (primary N) is 1. The molecule has 0 atom stereocenters. The molecule has 0 spiro atoms. The summed E-state index contributed by atoms with van der Waals surface area (Å²) in [5.74, 6) is 1.29. The lowest BCUT2D eigenvalue weighted by atomic mass is 10.2. The van der Waals surface area contributed by atoms with Crippen LogP contribution in [0.4, 0.5) is 5.13 Å². The first-order chi connectivity index (χ1) is 9.61. The number of benzene rings is 1. The molecule has 2 heterocycles. The fourth-order valence-corrected chi connectivity index (χ4v) is 2.57. The molecular formula is C12H9Cl2N5S. The summed E-state index contributed by atoms with van der Waals surface area (Å²) >= 11 is 13.3. The summed E-state index contributed by atoms with van der Waals surface area (Å²) in [4.78, 5) is 8.59. The van der Waals surface area contributed by atoms with Crippen molar-refractivity contribution in [2.24, 2.45) is 0 Å². The monoisotopic (exact) mass is 325 g/mol. The molecule has 0 aliphatic carbocycles. The Kier molecular flexibility index (Phi) is 3.60. The molecule has 0 aliphatic heterocycles.